The van der Waals surface area contributed by atoms with Crippen molar-refractivity contribution in [3.63, 3.8) is 0 Å². The van der Waals surface area contributed by atoms with Gasteiger partial charge in [-0.3, -0.25) is 4.79 Å². The molecule has 0 fully saturated rings. The summed E-state index contributed by atoms with van der Waals surface area (Å²) in [6, 6.07) is -0.144. The zero-order valence-electron chi connectivity index (χ0n) is 10.1. The third kappa shape index (κ3) is 4.41. The Hall–Kier alpha value is -0.980. The zero-order chi connectivity index (χ0) is 12.8. The summed E-state index contributed by atoms with van der Waals surface area (Å²) >= 11 is 1.39. The second kappa shape index (κ2) is 6.68. The number of nitrogens with two attached hydrogens (primary N) is 1. The first-order valence-electron chi connectivity index (χ1n) is 5.64. The lowest BCUT2D eigenvalue weighted by Crippen LogP contribution is -2.29. The van der Waals surface area contributed by atoms with Gasteiger partial charge in [0.05, 0.1) is 6.04 Å². The average Bonchev–Trinajstić information content (AvgIpc) is 2.75. The number of rotatable bonds is 6. The van der Waals surface area contributed by atoms with E-state index in [2.05, 4.69) is 10.3 Å². The number of hydrogen-bond donors (Lipinski definition) is 3. The van der Waals surface area contributed by atoms with Crippen LogP contribution < -0.4 is 11.1 Å². The van der Waals surface area contributed by atoms with Crippen LogP contribution in [0.4, 0.5) is 0 Å². The minimum Gasteiger partial charge on any atom is -0.396 e. The smallest absolute Gasteiger partial charge is 0.270 e. The van der Waals surface area contributed by atoms with Gasteiger partial charge < -0.3 is 16.2 Å². The molecule has 0 aliphatic heterocycles. The number of carbonyl (C=O) groups excluding carboxylic acids is 1. The van der Waals surface area contributed by atoms with Crippen molar-refractivity contribution in [2.45, 2.75) is 26.3 Å². The van der Waals surface area contributed by atoms with Gasteiger partial charge in [0.25, 0.3) is 5.91 Å². The third-order valence-corrected chi connectivity index (χ3v) is 3.42. The van der Waals surface area contributed by atoms with E-state index in [4.69, 9.17) is 10.8 Å². The first-order valence-corrected chi connectivity index (χ1v) is 6.52. The number of thiazole rings is 1. The van der Waals surface area contributed by atoms with E-state index < -0.39 is 0 Å². The molecule has 0 saturated heterocycles. The van der Waals surface area contributed by atoms with Crippen LogP contribution in [-0.4, -0.2) is 29.1 Å². The SMILES string of the molecule is CC(CCO)CNC(=O)c1csc(C(C)N)n1. The Morgan fingerprint density at radius 3 is 2.88 bits per heavy atom. The van der Waals surface area contributed by atoms with Crippen molar-refractivity contribution in [1.82, 2.24) is 10.3 Å². The number of aliphatic hydroxyl groups excluding tert-OH is 1. The molecule has 0 aromatic carbocycles. The molecule has 5 nitrogen and oxygen atoms in total. The summed E-state index contributed by atoms with van der Waals surface area (Å²) in [5.74, 6) is 0.0772. The molecule has 1 aromatic rings. The predicted octanol–water partition coefficient (Wildman–Crippen LogP) is 0.911. The molecule has 0 radical (unpaired) electrons. The number of aliphatic hydroxyl groups is 1. The van der Waals surface area contributed by atoms with Crippen LogP contribution in [0.5, 0.6) is 0 Å². The Bertz CT molecular complexity index is 365. The van der Waals surface area contributed by atoms with E-state index >= 15 is 0 Å². The number of hydrogen-bond acceptors (Lipinski definition) is 5. The Kier molecular flexibility index (Phi) is 5.54. The van der Waals surface area contributed by atoms with E-state index in [0.29, 0.717) is 18.7 Å². The van der Waals surface area contributed by atoms with Crippen molar-refractivity contribution in [1.29, 1.82) is 0 Å². The van der Waals surface area contributed by atoms with E-state index in [9.17, 15) is 4.79 Å². The highest BCUT2D eigenvalue weighted by Crippen LogP contribution is 2.15. The van der Waals surface area contributed by atoms with Gasteiger partial charge in [-0.05, 0) is 19.3 Å². The van der Waals surface area contributed by atoms with Crippen LogP contribution in [0.1, 0.15) is 41.8 Å². The Labute approximate surface area is 105 Å². The van der Waals surface area contributed by atoms with Crippen LogP contribution in [0.25, 0.3) is 0 Å². The van der Waals surface area contributed by atoms with Gasteiger partial charge in [0.15, 0.2) is 0 Å². The molecule has 2 atom stereocenters. The standard InChI is InChI=1S/C11H19N3O2S/c1-7(3-4-15)5-13-10(16)9-6-17-11(14-9)8(2)12/h6-8,15H,3-5,12H2,1-2H3,(H,13,16). The van der Waals surface area contributed by atoms with Crippen molar-refractivity contribution in [3.05, 3.63) is 16.1 Å². The second-order valence-corrected chi connectivity index (χ2v) is 5.08. The molecule has 1 aromatic heterocycles. The first kappa shape index (κ1) is 14.1. The lowest BCUT2D eigenvalue weighted by molar-refractivity contribution is 0.0941. The summed E-state index contributed by atoms with van der Waals surface area (Å²) in [6.07, 6.45) is 0.683. The lowest BCUT2D eigenvalue weighted by atomic mass is 10.1. The highest BCUT2D eigenvalue weighted by atomic mass is 32.1. The first-order chi connectivity index (χ1) is 8.04. The summed E-state index contributed by atoms with van der Waals surface area (Å²) < 4.78 is 0. The Balaban J connectivity index is 2.46. The molecule has 0 saturated carbocycles. The number of carbonyl (C=O) groups is 1. The summed E-state index contributed by atoms with van der Waals surface area (Å²) in [7, 11) is 0. The van der Waals surface area contributed by atoms with Crippen LogP contribution in [-0.2, 0) is 0 Å². The van der Waals surface area contributed by atoms with Crippen molar-refractivity contribution in [2.75, 3.05) is 13.2 Å². The maximum Gasteiger partial charge on any atom is 0.270 e. The van der Waals surface area contributed by atoms with Crippen molar-refractivity contribution < 1.29 is 9.90 Å². The van der Waals surface area contributed by atoms with Gasteiger partial charge in [0.1, 0.15) is 10.7 Å². The van der Waals surface area contributed by atoms with Crippen molar-refractivity contribution in [2.24, 2.45) is 11.7 Å². The summed E-state index contributed by atoms with van der Waals surface area (Å²) in [5, 5.41) is 14.0. The molecule has 1 heterocycles. The lowest BCUT2D eigenvalue weighted by Gasteiger charge is -2.09. The fraction of sp³-hybridized carbons (Fsp3) is 0.636. The van der Waals surface area contributed by atoms with Crippen LogP contribution >= 0.6 is 11.3 Å². The quantitative estimate of drug-likeness (QED) is 0.707. The van der Waals surface area contributed by atoms with Gasteiger partial charge in [-0.1, -0.05) is 6.92 Å². The summed E-state index contributed by atoms with van der Waals surface area (Å²) in [4.78, 5) is 15.9. The fourth-order valence-electron chi connectivity index (χ4n) is 1.28. The molecule has 96 valence electrons. The summed E-state index contributed by atoms with van der Waals surface area (Å²) in [5.41, 5.74) is 6.09. The van der Waals surface area contributed by atoms with Gasteiger partial charge in [-0.15, -0.1) is 11.3 Å². The van der Waals surface area contributed by atoms with E-state index in [-0.39, 0.29) is 24.5 Å². The van der Waals surface area contributed by atoms with Gasteiger partial charge >= 0.3 is 0 Å². The molecular weight excluding hydrogens is 238 g/mol. The fourth-order valence-corrected chi connectivity index (χ4v) is 2.04. The molecule has 0 bridgehead atoms. The molecule has 1 rings (SSSR count). The van der Waals surface area contributed by atoms with E-state index in [0.717, 1.165) is 5.01 Å². The zero-order valence-corrected chi connectivity index (χ0v) is 11.0. The second-order valence-electron chi connectivity index (χ2n) is 4.19. The number of nitrogens with zero attached hydrogens (tertiary/aromatic N) is 1. The minimum absolute atomic E-state index is 0.141. The molecule has 2 unspecified atom stereocenters. The average molecular weight is 257 g/mol. The van der Waals surface area contributed by atoms with Crippen LogP contribution in [0.15, 0.2) is 5.38 Å². The minimum atomic E-state index is -0.182. The molecule has 0 aliphatic rings. The van der Waals surface area contributed by atoms with E-state index in [1.165, 1.54) is 11.3 Å². The topological polar surface area (TPSA) is 88.2 Å². The molecule has 4 N–H and O–H groups in total. The Morgan fingerprint density at radius 1 is 1.65 bits per heavy atom. The molecular formula is C11H19N3O2S. The maximum atomic E-state index is 11.7. The van der Waals surface area contributed by atoms with E-state index in [1.807, 2.05) is 13.8 Å². The predicted molar refractivity (Wildman–Crippen MR) is 67.9 cm³/mol. The monoisotopic (exact) mass is 257 g/mol. The highest BCUT2D eigenvalue weighted by Gasteiger charge is 2.13. The molecule has 6 heteroatoms. The Morgan fingerprint density at radius 2 is 2.35 bits per heavy atom. The molecule has 0 spiro atoms. The van der Waals surface area contributed by atoms with Crippen LogP contribution in [0.2, 0.25) is 0 Å². The number of amides is 1. The number of aromatic nitrogens is 1. The van der Waals surface area contributed by atoms with Crippen molar-refractivity contribution in [3.8, 4) is 0 Å². The number of nitrogens with one attached hydrogen (secondary N) is 1. The van der Waals surface area contributed by atoms with Crippen LogP contribution in [0.3, 0.4) is 0 Å². The largest absolute Gasteiger partial charge is 0.396 e. The van der Waals surface area contributed by atoms with Crippen molar-refractivity contribution >= 4 is 17.2 Å². The third-order valence-electron chi connectivity index (χ3n) is 2.38. The van der Waals surface area contributed by atoms with Gasteiger partial charge in [0, 0.05) is 18.5 Å². The van der Waals surface area contributed by atoms with Gasteiger partial charge in [-0.25, -0.2) is 4.98 Å². The maximum absolute atomic E-state index is 11.7. The normalized spacial score (nSPS) is 14.4. The van der Waals surface area contributed by atoms with Gasteiger partial charge in [-0.2, -0.15) is 0 Å². The van der Waals surface area contributed by atoms with Crippen LogP contribution in [0, 0.1) is 5.92 Å². The van der Waals surface area contributed by atoms with Gasteiger partial charge in [0.2, 0.25) is 0 Å². The summed E-state index contributed by atoms with van der Waals surface area (Å²) in [6.45, 7) is 4.50. The molecule has 0 aliphatic carbocycles. The van der Waals surface area contributed by atoms with E-state index in [1.54, 1.807) is 5.38 Å². The molecule has 1 amide bonds. The highest BCUT2D eigenvalue weighted by molar-refractivity contribution is 7.09. The molecule has 17 heavy (non-hydrogen) atoms.